The molecule has 19 heavy (non-hydrogen) atoms. The van der Waals surface area contributed by atoms with Gasteiger partial charge in [0.05, 0.1) is 11.0 Å². The summed E-state index contributed by atoms with van der Waals surface area (Å²) in [7, 11) is 0. The highest BCUT2D eigenvalue weighted by Crippen LogP contribution is 2.20. The number of rotatable bonds is 5. The van der Waals surface area contributed by atoms with Gasteiger partial charge in [0.25, 0.3) is 0 Å². The van der Waals surface area contributed by atoms with E-state index in [-0.39, 0.29) is 0 Å². The van der Waals surface area contributed by atoms with Crippen LogP contribution in [0.4, 0.5) is 0 Å². The van der Waals surface area contributed by atoms with Crippen molar-refractivity contribution in [1.29, 1.82) is 0 Å². The van der Waals surface area contributed by atoms with Crippen molar-refractivity contribution in [1.82, 2.24) is 9.97 Å². The molecule has 2 rings (SSSR count). The zero-order valence-electron chi connectivity index (χ0n) is 12.5. The molecule has 0 fully saturated rings. The van der Waals surface area contributed by atoms with Crippen LogP contribution < -0.4 is 5.73 Å². The number of fused-ring (bicyclic) bond motifs is 1. The Morgan fingerprint density at radius 2 is 1.89 bits per heavy atom. The van der Waals surface area contributed by atoms with Crippen LogP contribution in [0.25, 0.3) is 11.0 Å². The van der Waals surface area contributed by atoms with Crippen LogP contribution in [0, 0.1) is 25.7 Å². The van der Waals surface area contributed by atoms with Gasteiger partial charge in [0, 0.05) is 6.42 Å². The van der Waals surface area contributed by atoms with Crippen LogP contribution in [0.3, 0.4) is 0 Å². The molecule has 0 amide bonds. The van der Waals surface area contributed by atoms with Crippen molar-refractivity contribution in [2.75, 3.05) is 6.54 Å². The molecule has 104 valence electrons. The molecule has 3 nitrogen and oxygen atoms in total. The minimum Gasteiger partial charge on any atom is -0.342 e. The summed E-state index contributed by atoms with van der Waals surface area (Å²) in [5, 5.41) is 0. The van der Waals surface area contributed by atoms with E-state index in [1.807, 2.05) is 0 Å². The van der Waals surface area contributed by atoms with E-state index in [0.29, 0.717) is 11.8 Å². The van der Waals surface area contributed by atoms with Gasteiger partial charge in [-0.05, 0) is 61.9 Å². The number of benzene rings is 1. The van der Waals surface area contributed by atoms with E-state index in [4.69, 9.17) is 10.7 Å². The van der Waals surface area contributed by atoms with Gasteiger partial charge in [-0.25, -0.2) is 4.98 Å². The lowest BCUT2D eigenvalue weighted by molar-refractivity contribution is 0.410. The van der Waals surface area contributed by atoms with Crippen molar-refractivity contribution >= 4 is 11.0 Å². The Morgan fingerprint density at radius 1 is 1.21 bits per heavy atom. The highest BCUT2D eigenvalue weighted by atomic mass is 14.9. The number of nitrogens with two attached hydrogens (primary N) is 1. The van der Waals surface area contributed by atoms with Crippen molar-refractivity contribution in [3.8, 4) is 0 Å². The van der Waals surface area contributed by atoms with E-state index < -0.39 is 0 Å². The van der Waals surface area contributed by atoms with Gasteiger partial charge in [-0.1, -0.05) is 13.8 Å². The summed E-state index contributed by atoms with van der Waals surface area (Å²) in [6.07, 6.45) is 2.10. The lowest BCUT2D eigenvalue weighted by Gasteiger charge is -2.15. The van der Waals surface area contributed by atoms with Crippen LogP contribution in [0.5, 0.6) is 0 Å². The maximum Gasteiger partial charge on any atom is 0.107 e. The number of H-pyrrole nitrogens is 1. The molecule has 0 spiro atoms. The van der Waals surface area contributed by atoms with Crippen LogP contribution in [0.15, 0.2) is 12.1 Å². The first-order valence-corrected chi connectivity index (χ1v) is 7.15. The number of aromatic amines is 1. The largest absolute Gasteiger partial charge is 0.342 e. The van der Waals surface area contributed by atoms with E-state index in [2.05, 4.69) is 44.8 Å². The van der Waals surface area contributed by atoms with Gasteiger partial charge in [-0.2, -0.15) is 0 Å². The average Bonchev–Trinajstić information content (AvgIpc) is 2.69. The number of nitrogens with zero attached hydrogens (tertiary/aromatic N) is 1. The summed E-state index contributed by atoms with van der Waals surface area (Å²) >= 11 is 0. The van der Waals surface area contributed by atoms with Crippen LogP contribution >= 0.6 is 0 Å². The molecule has 1 aromatic heterocycles. The summed E-state index contributed by atoms with van der Waals surface area (Å²) in [4.78, 5) is 8.13. The maximum atomic E-state index is 5.87. The Morgan fingerprint density at radius 3 is 2.53 bits per heavy atom. The molecule has 0 aliphatic heterocycles. The first kappa shape index (κ1) is 14.1. The molecule has 0 saturated heterocycles. The Bertz CT molecular complexity index is 515. The molecule has 1 unspecified atom stereocenters. The van der Waals surface area contributed by atoms with Crippen molar-refractivity contribution in [3.05, 3.63) is 29.1 Å². The summed E-state index contributed by atoms with van der Waals surface area (Å²) in [6.45, 7) is 9.48. The van der Waals surface area contributed by atoms with Gasteiger partial charge in [0.1, 0.15) is 5.82 Å². The van der Waals surface area contributed by atoms with Crippen molar-refractivity contribution in [2.45, 2.75) is 40.5 Å². The van der Waals surface area contributed by atoms with Gasteiger partial charge in [0.2, 0.25) is 0 Å². The third-order valence-electron chi connectivity index (χ3n) is 3.77. The smallest absolute Gasteiger partial charge is 0.107 e. The monoisotopic (exact) mass is 259 g/mol. The Kier molecular flexibility index (Phi) is 4.25. The number of hydrogen-bond donors (Lipinski definition) is 2. The topological polar surface area (TPSA) is 54.7 Å². The second-order valence-electron chi connectivity index (χ2n) is 6.07. The summed E-state index contributed by atoms with van der Waals surface area (Å²) in [5.41, 5.74) is 10.7. The molecule has 0 aliphatic carbocycles. The predicted octanol–water partition coefficient (Wildman–Crippen LogP) is 3.34. The van der Waals surface area contributed by atoms with Gasteiger partial charge in [-0.3, -0.25) is 0 Å². The Labute approximate surface area is 115 Å². The van der Waals surface area contributed by atoms with Crippen LogP contribution in [-0.4, -0.2) is 16.5 Å². The summed E-state index contributed by atoms with van der Waals surface area (Å²) in [6, 6.07) is 4.34. The number of aromatic nitrogens is 2. The summed E-state index contributed by atoms with van der Waals surface area (Å²) in [5.74, 6) is 2.27. The zero-order chi connectivity index (χ0) is 14.0. The van der Waals surface area contributed by atoms with E-state index in [1.165, 1.54) is 11.1 Å². The summed E-state index contributed by atoms with van der Waals surface area (Å²) < 4.78 is 0. The molecule has 3 N–H and O–H groups in total. The van der Waals surface area contributed by atoms with E-state index in [1.54, 1.807) is 0 Å². The van der Waals surface area contributed by atoms with Gasteiger partial charge in [-0.15, -0.1) is 0 Å². The highest BCUT2D eigenvalue weighted by Gasteiger charge is 2.13. The first-order chi connectivity index (χ1) is 8.99. The fourth-order valence-electron chi connectivity index (χ4n) is 2.62. The Hall–Kier alpha value is -1.35. The van der Waals surface area contributed by atoms with Crippen molar-refractivity contribution in [2.24, 2.45) is 17.6 Å². The minimum atomic E-state index is 0.516. The Balaban J connectivity index is 2.21. The normalized spacial score (nSPS) is 13.4. The van der Waals surface area contributed by atoms with Gasteiger partial charge in [0.15, 0.2) is 0 Å². The van der Waals surface area contributed by atoms with E-state index in [9.17, 15) is 0 Å². The number of imidazole rings is 1. The van der Waals surface area contributed by atoms with E-state index in [0.717, 1.165) is 36.2 Å². The molecule has 0 aliphatic rings. The molecule has 1 atom stereocenters. The maximum absolute atomic E-state index is 5.87. The predicted molar refractivity (Wildman–Crippen MR) is 81.3 cm³/mol. The lowest BCUT2D eigenvalue weighted by atomic mass is 9.94. The molecular formula is C16H25N3. The third-order valence-corrected chi connectivity index (χ3v) is 3.77. The second-order valence-corrected chi connectivity index (χ2v) is 6.07. The van der Waals surface area contributed by atoms with Gasteiger partial charge >= 0.3 is 0 Å². The minimum absolute atomic E-state index is 0.516. The fraction of sp³-hybridized carbons (Fsp3) is 0.562. The molecule has 1 aromatic carbocycles. The van der Waals surface area contributed by atoms with Crippen molar-refractivity contribution in [3.63, 3.8) is 0 Å². The molecular weight excluding hydrogens is 234 g/mol. The molecule has 0 bridgehead atoms. The lowest BCUT2D eigenvalue weighted by Crippen LogP contribution is -2.19. The quantitative estimate of drug-likeness (QED) is 0.865. The molecule has 0 radical (unpaired) electrons. The van der Waals surface area contributed by atoms with Crippen LogP contribution in [-0.2, 0) is 6.42 Å². The molecule has 0 saturated carbocycles. The van der Waals surface area contributed by atoms with Gasteiger partial charge < -0.3 is 10.7 Å². The third kappa shape index (κ3) is 3.35. The molecule has 1 heterocycles. The highest BCUT2D eigenvalue weighted by molar-refractivity contribution is 5.77. The first-order valence-electron chi connectivity index (χ1n) is 7.15. The molecule has 2 aromatic rings. The fourth-order valence-corrected chi connectivity index (χ4v) is 2.62. The molecule has 3 heteroatoms. The SMILES string of the molecule is Cc1cc2nc(CC(CN)CC(C)C)[nH]c2cc1C. The zero-order valence-corrected chi connectivity index (χ0v) is 12.5. The van der Waals surface area contributed by atoms with Crippen LogP contribution in [0.1, 0.15) is 37.2 Å². The van der Waals surface area contributed by atoms with Crippen molar-refractivity contribution < 1.29 is 0 Å². The standard InChI is InChI=1S/C16H25N3/c1-10(2)5-13(9-17)8-16-18-14-6-11(3)12(4)7-15(14)19-16/h6-7,10,13H,5,8-9,17H2,1-4H3,(H,18,19). The number of aryl methyl sites for hydroxylation is 2. The second kappa shape index (κ2) is 5.74. The average molecular weight is 259 g/mol. The number of hydrogen-bond acceptors (Lipinski definition) is 2. The van der Waals surface area contributed by atoms with Crippen LogP contribution in [0.2, 0.25) is 0 Å². The van der Waals surface area contributed by atoms with E-state index >= 15 is 0 Å². The number of nitrogens with one attached hydrogen (secondary N) is 1.